The lowest BCUT2D eigenvalue weighted by Crippen LogP contribution is -2.09. The molecule has 0 radical (unpaired) electrons. The summed E-state index contributed by atoms with van der Waals surface area (Å²) >= 11 is 5.98. The average Bonchev–Trinajstić information content (AvgIpc) is 2.45. The molecule has 0 aliphatic carbocycles. The molecule has 1 aromatic carbocycles. The molecule has 0 saturated heterocycles. The maximum absolute atomic E-state index is 12.1. The van der Waals surface area contributed by atoms with Crippen molar-refractivity contribution in [2.75, 3.05) is 6.61 Å². The molecule has 0 spiro atoms. The fraction of sp³-hybridized carbons (Fsp3) is 0.333. The molecule has 1 aromatic heterocycles. The third-order valence-electron chi connectivity index (χ3n) is 3.01. The van der Waals surface area contributed by atoms with Crippen LogP contribution in [0.2, 0.25) is 5.02 Å². The molecule has 0 atom stereocenters. The van der Waals surface area contributed by atoms with Gasteiger partial charge in [0, 0.05) is 6.07 Å². The van der Waals surface area contributed by atoms with Crippen LogP contribution in [0.3, 0.4) is 0 Å². The Hall–Kier alpha value is -2.01. The quantitative estimate of drug-likeness (QED) is 0.823. The molecule has 21 heavy (non-hydrogen) atoms. The molecule has 1 heterocycles. The van der Waals surface area contributed by atoms with Gasteiger partial charge in [0.15, 0.2) is 11.0 Å². The van der Waals surface area contributed by atoms with Crippen molar-refractivity contribution in [3.8, 4) is 5.75 Å². The Morgan fingerprint density at radius 3 is 2.81 bits per heavy atom. The molecule has 0 aliphatic heterocycles. The van der Waals surface area contributed by atoms with E-state index in [1.54, 1.807) is 6.07 Å². The number of carboxylic acid groups (broad SMARTS) is 1. The number of halogens is 1. The fourth-order valence-electron chi connectivity index (χ4n) is 1.96. The van der Waals surface area contributed by atoms with Gasteiger partial charge in [0.2, 0.25) is 5.76 Å². The van der Waals surface area contributed by atoms with Gasteiger partial charge in [-0.15, -0.1) is 0 Å². The van der Waals surface area contributed by atoms with Crippen LogP contribution in [0.5, 0.6) is 5.75 Å². The van der Waals surface area contributed by atoms with Gasteiger partial charge < -0.3 is 14.3 Å². The summed E-state index contributed by atoms with van der Waals surface area (Å²) < 4.78 is 10.8. The number of aromatic carboxylic acids is 1. The third-order valence-corrected chi connectivity index (χ3v) is 3.31. The predicted octanol–water partition coefficient (Wildman–Crippen LogP) is 3.71. The first-order chi connectivity index (χ1) is 10.0. The zero-order valence-electron chi connectivity index (χ0n) is 11.5. The van der Waals surface area contributed by atoms with E-state index in [4.69, 9.17) is 25.9 Å². The molecule has 0 unspecified atom stereocenters. The number of benzene rings is 1. The molecule has 6 heteroatoms. The highest BCUT2D eigenvalue weighted by atomic mass is 35.5. The number of carboxylic acids is 1. The Morgan fingerprint density at radius 2 is 2.14 bits per heavy atom. The zero-order chi connectivity index (χ0) is 15.4. The molecule has 112 valence electrons. The van der Waals surface area contributed by atoms with Crippen molar-refractivity contribution in [3.63, 3.8) is 0 Å². The van der Waals surface area contributed by atoms with E-state index in [9.17, 15) is 9.59 Å². The SMILES string of the molecule is CCCCCOc1ccc(Cl)c2oc(C(=O)O)cc(=O)c12. The minimum Gasteiger partial charge on any atom is -0.493 e. The number of rotatable bonds is 6. The monoisotopic (exact) mass is 310 g/mol. The second-order valence-electron chi connectivity index (χ2n) is 4.59. The molecule has 2 rings (SSSR count). The number of fused-ring (bicyclic) bond motifs is 1. The van der Waals surface area contributed by atoms with E-state index in [0.29, 0.717) is 12.4 Å². The van der Waals surface area contributed by atoms with Gasteiger partial charge >= 0.3 is 5.97 Å². The summed E-state index contributed by atoms with van der Waals surface area (Å²) in [5.41, 5.74) is -0.448. The highest BCUT2D eigenvalue weighted by molar-refractivity contribution is 6.35. The van der Waals surface area contributed by atoms with E-state index in [-0.39, 0.29) is 16.0 Å². The Morgan fingerprint density at radius 1 is 1.38 bits per heavy atom. The first kappa shape index (κ1) is 15.4. The Kier molecular flexibility index (Phi) is 4.85. The summed E-state index contributed by atoms with van der Waals surface area (Å²) in [6, 6.07) is 4.04. The van der Waals surface area contributed by atoms with Crippen molar-refractivity contribution in [2.45, 2.75) is 26.2 Å². The van der Waals surface area contributed by atoms with Gasteiger partial charge in [-0.05, 0) is 18.6 Å². The largest absolute Gasteiger partial charge is 0.493 e. The summed E-state index contributed by atoms with van der Waals surface area (Å²) in [5, 5.41) is 9.27. The van der Waals surface area contributed by atoms with Crippen LogP contribution in [0.25, 0.3) is 11.0 Å². The lowest BCUT2D eigenvalue weighted by atomic mass is 10.2. The molecule has 0 fully saturated rings. The van der Waals surface area contributed by atoms with Gasteiger partial charge in [0.1, 0.15) is 11.1 Å². The Labute approximate surface area is 126 Å². The van der Waals surface area contributed by atoms with E-state index in [0.717, 1.165) is 25.3 Å². The predicted molar refractivity (Wildman–Crippen MR) is 79.5 cm³/mol. The van der Waals surface area contributed by atoms with Crippen molar-refractivity contribution in [2.24, 2.45) is 0 Å². The average molecular weight is 311 g/mol. The topological polar surface area (TPSA) is 76.7 Å². The van der Waals surface area contributed by atoms with E-state index < -0.39 is 17.2 Å². The van der Waals surface area contributed by atoms with E-state index in [2.05, 4.69) is 6.92 Å². The van der Waals surface area contributed by atoms with Crippen molar-refractivity contribution >= 4 is 28.5 Å². The van der Waals surface area contributed by atoms with Gasteiger partial charge in [-0.1, -0.05) is 31.4 Å². The molecular weight excluding hydrogens is 296 g/mol. The van der Waals surface area contributed by atoms with Crippen LogP contribution in [-0.4, -0.2) is 17.7 Å². The molecule has 0 bridgehead atoms. The minimum absolute atomic E-state index is 0.0366. The highest BCUT2D eigenvalue weighted by Crippen LogP contribution is 2.30. The van der Waals surface area contributed by atoms with Crippen LogP contribution in [0.1, 0.15) is 36.7 Å². The standard InChI is InChI=1S/C15H15ClO5/c1-2-3-4-7-20-11-6-5-9(16)14-13(11)10(17)8-12(21-14)15(18)19/h5-6,8H,2-4,7H2,1H3,(H,18,19). The number of ether oxygens (including phenoxy) is 1. The second kappa shape index (κ2) is 6.63. The Balaban J connectivity index is 2.46. The highest BCUT2D eigenvalue weighted by Gasteiger charge is 2.16. The normalized spacial score (nSPS) is 10.8. The number of hydrogen-bond donors (Lipinski definition) is 1. The van der Waals surface area contributed by atoms with Crippen LogP contribution < -0.4 is 10.2 Å². The fourth-order valence-corrected chi connectivity index (χ4v) is 2.16. The molecule has 1 N–H and O–H groups in total. The van der Waals surface area contributed by atoms with Gasteiger partial charge in [-0.25, -0.2) is 4.79 Å². The Bertz CT molecular complexity index is 720. The van der Waals surface area contributed by atoms with Crippen molar-refractivity contribution in [1.29, 1.82) is 0 Å². The lowest BCUT2D eigenvalue weighted by Gasteiger charge is -2.09. The summed E-state index contributed by atoms with van der Waals surface area (Å²) in [5.74, 6) is -1.41. The van der Waals surface area contributed by atoms with Gasteiger partial charge in [-0.2, -0.15) is 0 Å². The summed E-state index contributed by atoms with van der Waals surface area (Å²) in [7, 11) is 0. The smallest absolute Gasteiger partial charge is 0.371 e. The minimum atomic E-state index is -1.32. The molecule has 0 saturated carbocycles. The zero-order valence-corrected chi connectivity index (χ0v) is 12.3. The maximum atomic E-state index is 12.1. The summed E-state index contributed by atoms with van der Waals surface area (Å²) in [6.07, 6.45) is 2.97. The van der Waals surface area contributed by atoms with Gasteiger partial charge in [0.05, 0.1) is 11.6 Å². The molecular formula is C15H15ClO5. The first-order valence-electron chi connectivity index (χ1n) is 6.67. The molecule has 0 aliphatic rings. The second-order valence-corrected chi connectivity index (χ2v) is 4.99. The first-order valence-corrected chi connectivity index (χ1v) is 7.04. The van der Waals surface area contributed by atoms with Crippen LogP contribution >= 0.6 is 11.6 Å². The molecule has 5 nitrogen and oxygen atoms in total. The van der Waals surface area contributed by atoms with Crippen molar-refractivity contribution in [1.82, 2.24) is 0 Å². The number of carbonyl (C=O) groups is 1. The number of hydrogen-bond acceptors (Lipinski definition) is 4. The van der Waals surface area contributed by atoms with Crippen LogP contribution in [0, 0.1) is 0 Å². The molecule has 0 amide bonds. The molecule has 2 aromatic rings. The van der Waals surface area contributed by atoms with Gasteiger partial charge in [0.25, 0.3) is 0 Å². The maximum Gasteiger partial charge on any atom is 0.371 e. The number of unbranched alkanes of at least 4 members (excludes halogenated alkanes) is 2. The van der Waals surface area contributed by atoms with E-state index in [1.807, 2.05) is 0 Å². The van der Waals surface area contributed by atoms with Crippen molar-refractivity contribution in [3.05, 3.63) is 39.2 Å². The van der Waals surface area contributed by atoms with Gasteiger partial charge in [-0.3, -0.25) is 4.79 Å². The van der Waals surface area contributed by atoms with Crippen LogP contribution in [-0.2, 0) is 0 Å². The summed E-state index contributed by atoms with van der Waals surface area (Å²) in [4.78, 5) is 23.0. The van der Waals surface area contributed by atoms with Crippen LogP contribution in [0.4, 0.5) is 0 Å². The van der Waals surface area contributed by atoms with E-state index in [1.165, 1.54) is 6.07 Å². The summed E-state index contributed by atoms with van der Waals surface area (Å²) in [6.45, 7) is 2.56. The van der Waals surface area contributed by atoms with E-state index >= 15 is 0 Å². The lowest BCUT2D eigenvalue weighted by molar-refractivity contribution is 0.0663. The van der Waals surface area contributed by atoms with Crippen LogP contribution in [0.15, 0.2) is 27.4 Å². The van der Waals surface area contributed by atoms with Crippen molar-refractivity contribution < 1.29 is 19.1 Å². The third kappa shape index (κ3) is 3.36.